The number of hydrogen-bond donors (Lipinski definition) is 3. The molecule has 0 aliphatic carbocycles. The van der Waals surface area contributed by atoms with Gasteiger partial charge in [0.05, 0.1) is 19.6 Å². The summed E-state index contributed by atoms with van der Waals surface area (Å²) in [4.78, 5) is 34.0. The summed E-state index contributed by atoms with van der Waals surface area (Å²) >= 11 is 0. The number of allylic oxidation sites excluding steroid dienone is 17. The van der Waals surface area contributed by atoms with E-state index in [1.54, 1.807) is 6.08 Å². The maximum absolute atomic E-state index is 12.1. The van der Waals surface area contributed by atoms with Gasteiger partial charge in [-0.1, -0.05) is 207 Å². The van der Waals surface area contributed by atoms with Crippen molar-refractivity contribution in [1.29, 1.82) is 0 Å². The van der Waals surface area contributed by atoms with E-state index in [0.717, 1.165) is 64.2 Å². The largest absolute Gasteiger partial charge is 0.472 e. The molecule has 0 heterocycles. The smallest absolute Gasteiger partial charge is 0.463 e. The number of unbranched alkanes of at least 4 members (excludes halogenated alkanes) is 16. The van der Waals surface area contributed by atoms with Crippen LogP contribution in [0, 0.1) is 0 Å². The summed E-state index contributed by atoms with van der Waals surface area (Å²) in [6.45, 7) is 3.30. The fourth-order valence-corrected chi connectivity index (χ4v) is 7.19. The van der Waals surface area contributed by atoms with Gasteiger partial charge in [-0.05, 0) is 83.5 Å². The van der Waals surface area contributed by atoms with Gasteiger partial charge in [0.25, 0.3) is 0 Å². The van der Waals surface area contributed by atoms with Crippen molar-refractivity contribution in [3.8, 4) is 0 Å². The van der Waals surface area contributed by atoms with Gasteiger partial charge in [-0.15, -0.1) is 0 Å². The molecule has 0 aromatic carbocycles. The summed E-state index contributed by atoms with van der Waals surface area (Å²) in [5.41, 5.74) is 0. The molecule has 0 rings (SSSR count). The van der Waals surface area contributed by atoms with Crippen molar-refractivity contribution in [1.82, 2.24) is 5.32 Å². The highest BCUT2D eigenvalue weighted by molar-refractivity contribution is 7.47. The van der Waals surface area contributed by atoms with Crippen molar-refractivity contribution >= 4 is 19.7 Å². The zero-order chi connectivity index (χ0) is 47.4. The van der Waals surface area contributed by atoms with E-state index >= 15 is 0 Å². The van der Waals surface area contributed by atoms with Crippen LogP contribution in [0.4, 0.5) is 0 Å². The van der Waals surface area contributed by atoms with E-state index in [0.29, 0.717) is 12.8 Å². The highest BCUT2D eigenvalue weighted by Gasteiger charge is 2.23. The zero-order valence-corrected chi connectivity index (χ0v) is 41.8. The Labute approximate surface area is 397 Å². The summed E-state index contributed by atoms with van der Waals surface area (Å²) < 4.78 is 26.9. The van der Waals surface area contributed by atoms with E-state index in [1.165, 1.54) is 96.3 Å². The van der Waals surface area contributed by atoms with Gasteiger partial charge in [0.2, 0.25) is 5.91 Å². The number of phosphoric ester groups is 1. The molecule has 0 aliphatic heterocycles. The summed E-state index contributed by atoms with van der Waals surface area (Å²) in [6.07, 6.45) is 67.7. The lowest BCUT2D eigenvalue weighted by Crippen LogP contribution is -2.27. The Balaban J connectivity index is 3.68. The number of esters is 1. The molecule has 1 amide bonds. The number of phosphoric acid groups is 1. The Hall–Kier alpha value is -3.33. The van der Waals surface area contributed by atoms with E-state index in [2.05, 4.69) is 110 Å². The third-order valence-electron chi connectivity index (χ3n) is 10.2. The Morgan fingerprint density at radius 1 is 0.508 bits per heavy atom. The van der Waals surface area contributed by atoms with E-state index in [-0.39, 0.29) is 32.1 Å². The lowest BCUT2D eigenvalue weighted by atomic mass is 10.0. The monoisotopic (exact) mass is 926 g/mol. The predicted molar refractivity (Wildman–Crippen MR) is 275 cm³/mol. The number of hydrogen-bond acceptors (Lipinski definition) is 7. The molecule has 2 atom stereocenters. The SMILES string of the molecule is CC/C=C\C/C=C\C/C=C\C/C=C\C/C=C\C/C=C\C/C=C\CC(=O)OCC(O)COP(=O)(O)OCCNC(=O)CCCCCCCCCCCCCCC/C=C\C/C=C\CCCCC. The first-order chi connectivity index (χ1) is 31.8. The lowest BCUT2D eigenvalue weighted by Gasteiger charge is -2.15. The van der Waals surface area contributed by atoms with Crippen LogP contribution >= 0.6 is 7.82 Å². The Bertz CT molecular complexity index is 1430. The van der Waals surface area contributed by atoms with Crippen LogP contribution in [0.5, 0.6) is 0 Å². The highest BCUT2D eigenvalue weighted by atomic mass is 31.2. The van der Waals surface area contributed by atoms with Gasteiger partial charge in [-0.25, -0.2) is 4.57 Å². The average molecular weight is 926 g/mol. The molecule has 0 fully saturated rings. The van der Waals surface area contributed by atoms with E-state index < -0.39 is 26.5 Å². The van der Waals surface area contributed by atoms with Gasteiger partial charge in [0, 0.05) is 13.0 Å². The van der Waals surface area contributed by atoms with Gasteiger partial charge in [0.15, 0.2) is 0 Å². The molecule has 65 heavy (non-hydrogen) atoms. The fraction of sp³-hybridized carbons (Fsp3) is 0.636. The lowest BCUT2D eigenvalue weighted by molar-refractivity contribution is -0.146. The number of carbonyl (C=O) groups excluding carboxylic acids is 2. The van der Waals surface area contributed by atoms with Gasteiger partial charge in [-0.3, -0.25) is 18.6 Å². The molecule has 9 nitrogen and oxygen atoms in total. The second-order valence-electron chi connectivity index (χ2n) is 16.4. The molecule has 0 bridgehead atoms. The summed E-state index contributed by atoms with van der Waals surface area (Å²) in [6, 6.07) is 0. The van der Waals surface area contributed by atoms with Gasteiger partial charge in [-0.2, -0.15) is 0 Å². The number of aliphatic hydroxyl groups excluding tert-OH is 1. The summed E-state index contributed by atoms with van der Waals surface area (Å²) in [5.74, 6) is -0.656. The average Bonchev–Trinajstić information content (AvgIpc) is 3.29. The van der Waals surface area contributed by atoms with Crippen LogP contribution < -0.4 is 5.32 Å². The number of carbonyl (C=O) groups is 2. The quantitative estimate of drug-likeness (QED) is 0.0238. The molecule has 0 spiro atoms. The molecule has 0 aromatic heterocycles. The van der Waals surface area contributed by atoms with Crippen LogP contribution in [0.2, 0.25) is 0 Å². The molecular weight excluding hydrogens is 834 g/mol. The molecule has 10 heteroatoms. The van der Waals surface area contributed by atoms with Crippen molar-refractivity contribution < 1.29 is 37.9 Å². The molecule has 2 unspecified atom stereocenters. The Morgan fingerprint density at radius 3 is 1.37 bits per heavy atom. The number of aliphatic hydroxyl groups is 1. The number of ether oxygens (including phenoxy) is 1. The molecule has 0 saturated carbocycles. The zero-order valence-electron chi connectivity index (χ0n) is 40.9. The van der Waals surface area contributed by atoms with Crippen molar-refractivity contribution in [2.75, 3.05) is 26.4 Å². The third-order valence-corrected chi connectivity index (χ3v) is 11.2. The van der Waals surface area contributed by atoms with Crippen molar-refractivity contribution in [2.45, 2.75) is 200 Å². The van der Waals surface area contributed by atoms with Crippen LogP contribution in [0.25, 0.3) is 0 Å². The minimum Gasteiger partial charge on any atom is -0.463 e. The predicted octanol–water partition coefficient (Wildman–Crippen LogP) is 15.1. The molecule has 0 saturated heterocycles. The topological polar surface area (TPSA) is 131 Å². The Morgan fingerprint density at radius 2 is 0.908 bits per heavy atom. The first kappa shape index (κ1) is 61.7. The second-order valence-corrected chi connectivity index (χ2v) is 17.9. The summed E-state index contributed by atoms with van der Waals surface area (Å²) in [5, 5.41) is 12.7. The highest BCUT2D eigenvalue weighted by Crippen LogP contribution is 2.42. The molecule has 3 N–H and O–H groups in total. The minimum absolute atomic E-state index is 0.0427. The number of amides is 1. The first-order valence-corrected chi connectivity index (χ1v) is 26.9. The van der Waals surface area contributed by atoms with Crippen molar-refractivity contribution in [3.05, 3.63) is 109 Å². The van der Waals surface area contributed by atoms with Crippen molar-refractivity contribution in [2.24, 2.45) is 0 Å². The van der Waals surface area contributed by atoms with Crippen LogP contribution in [0.15, 0.2) is 109 Å². The van der Waals surface area contributed by atoms with E-state index in [1.807, 2.05) is 12.2 Å². The standard InChI is InChI=1S/C55H92NO8P/c1-3-5-7-9-11-13-15-17-19-21-23-25-26-28-29-31-33-35-37-39-41-43-45-47-54(58)56-49-50-63-65(60,61)64-52-53(57)51-62-55(59)48-46-44-42-40-38-36-34-32-30-27-24-22-20-18-16-14-12-10-8-6-4-2/h6,8,11-14,17-20,24,27,32,34,38,40,44,46,53,57H,3-5,7,9-10,15-16,21-23,25-26,28-31,33,35-37,39,41-43,45,47-52H2,1-2H3,(H,56,58)(H,60,61)/b8-6-,13-11-,14-12-,19-17-,20-18-,27-24-,34-32-,40-38-,46-44-. The van der Waals surface area contributed by atoms with Crippen LogP contribution in [-0.2, 0) is 27.9 Å². The molecule has 0 aromatic rings. The molecular formula is C55H92NO8P. The summed E-state index contributed by atoms with van der Waals surface area (Å²) in [7, 11) is -4.45. The maximum atomic E-state index is 12.1. The molecule has 0 aliphatic rings. The van der Waals surface area contributed by atoms with Crippen LogP contribution in [0.1, 0.15) is 194 Å². The van der Waals surface area contributed by atoms with E-state index in [4.69, 9.17) is 13.8 Å². The Kier molecular flexibility index (Phi) is 47.5. The number of rotatable bonds is 46. The second kappa shape index (κ2) is 50.1. The number of nitrogens with one attached hydrogen (secondary N) is 1. The molecule has 0 radical (unpaired) electrons. The molecule has 370 valence electrons. The third kappa shape index (κ3) is 51.5. The van der Waals surface area contributed by atoms with Gasteiger partial charge in [0.1, 0.15) is 12.7 Å². The maximum Gasteiger partial charge on any atom is 0.472 e. The van der Waals surface area contributed by atoms with Crippen molar-refractivity contribution in [3.63, 3.8) is 0 Å². The van der Waals surface area contributed by atoms with Crippen LogP contribution in [0.3, 0.4) is 0 Å². The van der Waals surface area contributed by atoms with Gasteiger partial charge < -0.3 is 20.1 Å². The fourth-order valence-electron chi connectivity index (χ4n) is 6.44. The normalized spacial score (nSPS) is 14.1. The van der Waals surface area contributed by atoms with Gasteiger partial charge >= 0.3 is 13.8 Å². The van der Waals surface area contributed by atoms with E-state index in [9.17, 15) is 24.2 Å². The first-order valence-electron chi connectivity index (χ1n) is 25.4. The van der Waals surface area contributed by atoms with Crippen LogP contribution in [-0.4, -0.2) is 54.3 Å². The minimum atomic E-state index is -4.45.